The lowest BCUT2D eigenvalue weighted by Gasteiger charge is -2.24. The third kappa shape index (κ3) is 2.88. The molecule has 0 saturated carbocycles. The maximum Gasteiger partial charge on any atom is 0.333 e. The Bertz CT molecular complexity index is 1000. The standard InChI is InChI=1S/C17H13N5O3S/c1-25-13-5-4-11(8-19-13)14-20-17(26-21-14)22-9-12(16(23)24)7-10-3-2-6-18-15(10)22/h2-6,8-9H,7H2,1H3,(H,23,24). The minimum absolute atomic E-state index is 0.272. The van der Waals surface area contributed by atoms with E-state index in [1.807, 2.05) is 12.1 Å². The van der Waals surface area contributed by atoms with Crippen LogP contribution in [0.2, 0.25) is 0 Å². The summed E-state index contributed by atoms with van der Waals surface area (Å²) in [7, 11) is 1.55. The number of rotatable bonds is 4. The number of carboxylic acid groups (broad SMARTS) is 1. The maximum atomic E-state index is 11.5. The van der Waals surface area contributed by atoms with E-state index in [-0.39, 0.29) is 5.57 Å². The van der Waals surface area contributed by atoms with Crippen molar-refractivity contribution >= 4 is 28.5 Å². The van der Waals surface area contributed by atoms with E-state index in [9.17, 15) is 9.90 Å². The molecule has 0 unspecified atom stereocenters. The molecule has 1 aliphatic rings. The minimum atomic E-state index is -0.964. The minimum Gasteiger partial charge on any atom is -0.481 e. The molecular formula is C17H13N5O3S. The van der Waals surface area contributed by atoms with Crippen molar-refractivity contribution < 1.29 is 14.6 Å². The van der Waals surface area contributed by atoms with Gasteiger partial charge >= 0.3 is 5.97 Å². The second-order valence-corrected chi connectivity index (χ2v) is 6.21. The average molecular weight is 367 g/mol. The molecule has 26 heavy (non-hydrogen) atoms. The molecule has 1 N–H and O–H groups in total. The molecule has 0 radical (unpaired) electrons. The molecule has 0 aliphatic carbocycles. The number of hydrogen-bond donors (Lipinski definition) is 1. The molecule has 4 rings (SSSR count). The lowest BCUT2D eigenvalue weighted by atomic mass is 10.0. The molecule has 4 heterocycles. The normalized spacial score (nSPS) is 13.1. The first-order valence-corrected chi connectivity index (χ1v) is 8.44. The van der Waals surface area contributed by atoms with Crippen molar-refractivity contribution in [2.75, 3.05) is 12.0 Å². The lowest BCUT2D eigenvalue weighted by molar-refractivity contribution is -0.132. The summed E-state index contributed by atoms with van der Waals surface area (Å²) in [6.45, 7) is 0. The van der Waals surface area contributed by atoms with Crippen LogP contribution in [0.4, 0.5) is 10.9 Å². The molecule has 9 heteroatoms. The first-order chi connectivity index (χ1) is 12.7. The van der Waals surface area contributed by atoms with Crippen LogP contribution in [0.15, 0.2) is 48.4 Å². The topological polar surface area (TPSA) is 101 Å². The zero-order valence-electron chi connectivity index (χ0n) is 13.7. The summed E-state index contributed by atoms with van der Waals surface area (Å²) in [5.41, 5.74) is 1.85. The highest BCUT2D eigenvalue weighted by Crippen LogP contribution is 2.35. The van der Waals surface area contributed by atoms with Crippen molar-refractivity contribution in [3.8, 4) is 17.3 Å². The molecule has 0 spiro atoms. The van der Waals surface area contributed by atoms with E-state index in [2.05, 4.69) is 19.3 Å². The van der Waals surface area contributed by atoms with Crippen molar-refractivity contribution in [3.63, 3.8) is 0 Å². The number of anilines is 2. The molecule has 0 amide bonds. The predicted octanol–water partition coefficient (Wildman–Crippen LogP) is 2.67. The van der Waals surface area contributed by atoms with Crippen LogP contribution in [0.25, 0.3) is 11.4 Å². The van der Waals surface area contributed by atoms with Gasteiger partial charge in [0.15, 0.2) is 5.82 Å². The molecule has 0 atom stereocenters. The van der Waals surface area contributed by atoms with E-state index in [1.165, 1.54) is 11.5 Å². The van der Waals surface area contributed by atoms with Gasteiger partial charge in [0.1, 0.15) is 5.82 Å². The fraction of sp³-hybridized carbons (Fsp3) is 0.118. The third-order valence-electron chi connectivity index (χ3n) is 3.86. The highest BCUT2D eigenvalue weighted by molar-refractivity contribution is 7.10. The van der Waals surface area contributed by atoms with E-state index in [4.69, 9.17) is 4.74 Å². The molecule has 8 nitrogen and oxygen atoms in total. The molecule has 3 aromatic heterocycles. The molecule has 3 aromatic rings. The summed E-state index contributed by atoms with van der Waals surface area (Å²) in [4.78, 5) is 26.2. The number of ether oxygens (including phenoxy) is 1. The summed E-state index contributed by atoms with van der Waals surface area (Å²) in [6, 6.07) is 7.20. The number of hydrogen-bond acceptors (Lipinski definition) is 8. The number of nitrogens with zero attached hydrogens (tertiary/aromatic N) is 5. The van der Waals surface area contributed by atoms with Gasteiger partial charge in [-0.15, -0.1) is 0 Å². The van der Waals surface area contributed by atoms with E-state index in [1.54, 1.807) is 42.7 Å². The predicted molar refractivity (Wildman–Crippen MR) is 95.5 cm³/mol. The molecular weight excluding hydrogens is 354 g/mol. The Hall–Kier alpha value is -3.33. The number of fused-ring (bicyclic) bond motifs is 1. The number of methoxy groups -OCH3 is 1. The second-order valence-electron chi connectivity index (χ2n) is 5.48. The van der Waals surface area contributed by atoms with E-state index in [0.29, 0.717) is 29.1 Å². The van der Waals surface area contributed by atoms with Gasteiger partial charge in [0, 0.05) is 53.7 Å². The van der Waals surface area contributed by atoms with Crippen LogP contribution in [0.3, 0.4) is 0 Å². The quantitative estimate of drug-likeness (QED) is 0.751. The van der Waals surface area contributed by atoms with Gasteiger partial charge in [-0.3, -0.25) is 4.90 Å². The molecule has 0 fully saturated rings. The smallest absolute Gasteiger partial charge is 0.333 e. The Morgan fingerprint density at radius 3 is 2.92 bits per heavy atom. The monoisotopic (exact) mass is 367 g/mol. The highest BCUT2D eigenvalue weighted by Gasteiger charge is 2.25. The SMILES string of the molecule is COc1ccc(-c2nsc(N3C=C(C(=O)O)Cc4cccnc43)n2)cn1. The second kappa shape index (κ2) is 6.52. The van der Waals surface area contributed by atoms with E-state index >= 15 is 0 Å². The van der Waals surface area contributed by atoms with Gasteiger partial charge in [-0.2, -0.15) is 9.36 Å². The number of pyridine rings is 2. The number of carbonyl (C=O) groups is 1. The average Bonchev–Trinajstić information content (AvgIpc) is 3.17. The molecule has 0 saturated heterocycles. The van der Waals surface area contributed by atoms with Crippen molar-refractivity contribution in [1.82, 2.24) is 19.3 Å². The van der Waals surface area contributed by atoms with Gasteiger partial charge < -0.3 is 9.84 Å². The molecule has 1 aliphatic heterocycles. The summed E-state index contributed by atoms with van der Waals surface area (Å²) in [6.07, 6.45) is 5.17. The lowest BCUT2D eigenvalue weighted by Crippen LogP contribution is -2.21. The van der Waals surface area contributed by atoms with Gasteiger partial charge in [0.2, 0.25) is 11.0 Å². The Labute approximate surface area is 152 Å². The van der Waals surface area contributed by atoms with E-state index in [0.717, 1.165) is 11.1 Å². The van der Waals surface area contributed by atoms with Crippen LogP contribution in [-0.4, -0.2) is 37.5 Å². The van der Waals surface area contributed by atoms with Gasteiger partial charge in [0.25, 0.3) is 0 Å². The van der Waals surface area contributed by atoms with Crippen LogP contribution in [0.1, 0.15) is 5.56 Å². The van der Waals surface area contributed by atoms with Crippen LogP contribution in [-0.2, 0) is 11.2 Å². The molecule has 130 valence electrons. The highest BCUT2D eigenvalue weighted by atomic mass is 32.1. The van der Waals surface area contributed by atoms with Gasteiger partial charge in [-0.05, 0) is 12.1 Å². The summed E-state index contributed by atoms with van der Waals surface area (Å²) < 4.78 is 9.41. The zero-order chi connectivity index (χ0) is 18.1. The van der Waals surface area contributed by atoms with Gasteiger partial charge in [-0.1, -0.05) is 6.07 Å². The van der Waals surface area contributed by atoms with Crippen LogP contribution < -0.4 is 9.64 Å². The first kappa shape index (κ1) is 16.2. The number of aromatic nitrogens is 4. The van der Waals surface area contributed by atoms with Gasteiger partial charge in [-0.25, -0.2) is 14.8 Å². The van der Waals surface area contributed by atoms with Crippen LogP contribution in [0.5, 0.6) is 5.88 Å². The first-order valence-electron chi connectivity index (χ1n) is 7.67. The Balaban J connectivity index is 1.73. The fourth-order valence-corrected chi connectivity index (χ4v) is 3.26. The maximum absolute atomic E-state index is 11.5. The largest absolute Gasteiger partial charge is 0.481 e. The summed E-state index contributed by atoms with van der Waals surface area (Å²) in [5.74, 6) is 0.711. The Kier molecular flexibility index (Phi) is 4.05. The number of aliphatic carboxylic acids is 1. The zero-order valence-corrected chi connectivity index (χ0v) is 14.5. The van der Waals surface area contributed by atoms with Gasteiger partial charge in [0.05, 0.1) is 12.7 Å². The number of carboxylic acids is 1. The third-order valence-corrected chi connectivity index (χ3v) is 4.58. The molecule has 0 bridgehead atoms. The summed E-state index contributed by atoms with van der Waals surface area (Å²) in [5, 5.41) is 9.93. The van der Waals surface area contributed by atoms with Crippen LogP contribution in [0, 0.1) is 0 Å². The van der Waals surface area contributed by atoms with Crippen molar-refractivity contribution in [3.05, 3.63) is 54.0 Å². The fourth-order valence-electron chi connectivity index (χ4n) is 2.59. The Morgan fingerprint density at radius 1 is 1.31 bits per heavy atom. The summed E-state index contributed by atoms with van der Waals surface area (Å²) >= 11 is 1.17. The Morgan fingerprint density at radius 2 is 2.19 bits per heavy atom. The van der Waals surface area contributed by atoms with E-state index < -0.39 is 5.97 Å². The van der Waals surface area contributed by atoms with Crippen molar-refractivity contribution in [2.45, 2.75) is 6.42 Å². The van der Waals surface area contributed by atoms with Crippen molar-refractivity contribution in [1.29, 1.82) is 0 Å². The molecule has 0 aromatic carbocycles. The van der Waals surface area contributed by atoms with Crippen molar-refractivity contribution in [2.24, 2.45) is 0 Å². The van der Waals surface area contributed by atoms with Crippen LogP contribution >= 0.6 is 11.5 Å².